The van der Waals surface area contributed by atoms with Gasteiger partial charge in [0.15, 0.2) is 0 Å². The lowest BCUT2D eigenvalue weighted by Gasteiger charge is -2.25. The van der Waals surface area contributed by atoms with Crippen LogP contribution < -0.4 is 4.90 Å². The molecule has 2 saturated heterocycles. The number of amides is 2. The van der Waals surface area contributed by atoms with E-state index in [1.165, 1.54) is 4.90 Å². The Balaban J connectivity index is 1.74. The Bertz CT molecular complexity index is 728. The van der Waals surface area contributed by atoms with E-state index in [1.54, 1.807) is 37.5 Å². The molecule has 0 aromatic heterocycles. The molecule has 3 aliphatic rings. The standard InChI is InChI=1S/C17H17N3O3/c1-19(2)18-10-17-9-8-12(23-17)13-14(17)16(22)20(15(13)21)11-6-4-3-5-7-11/h3-10,12-14H,1-2H3/b18-10+. The molecule has 0 N–H and O–H groups in total. The van der Waals surface area contributed by atoms with E-state index < -0.39 is 17.4 Å². The van der Waals surface area contributed by atoms with Gasteiger partial charge in [-0.3, -0.25) is 9.59 Å². The molecule has 0 aliphatic carbocycles. The largest absolute Gasteiger partial charge is 0.356 e. The number of benzene rings is 1. The first-order valence-corrected chi connectivity index (χ1v) is 7.56. The number of hydrogen-bond acceptors (Lipinski definition) is 5. The van der Waals surface area contributed by atoms with Gasteiger partial charge in [-0.25, -0.2) is 4.90 Å². The highest BCUT2D eigenvalue weighted by Gasteiger charge is 2.67. The van der Waals surface area contributed by atoms with Crippen molar-refractivity contribution >= 4 is 23.7 Å². The molecule has 2 amide bonds. The molecular weight excluding hydrogens is 294 g/mol. The topological polar surface area (TPSA) is 62.2 Å². The van der Waals surface area contributed by atoms with Gasteiger partial charge in [-0.05, 0) is 18.2 Å². The lowest BCUT2D eigenvalue weighted by atomic mass is 9.77. The minimum atomic E-state index is -0.921. The fourth-order valence-electron chi connectivity index (χ4n) is 3.62. The zero-order chi connectivity index (χ0) is 16.2. The van der Waals surface area contributed by atoms with E-state index in [-0.39, 0.29) is 17.9 Å². The highest BCUT2D eigenvalue weighted by atomic mass is 16.5. The first kappa shape index (κ1) is 14.1. The summed E-state index contributed by atoms with van der Waals surface area (Å²) in [5, 5.41) is 5.89. The van der Waals surface area contributed by atoms with Gasteiger partial charge in [0.2, 0.25) is 11.8 Å². The lowest BCUT2D eigenvalue weighted by Crippen LogP contribution is -2.42. The van der Waals surface area contributed by atoms with Gasteiger partial charge in [-0.15, -0.1) is 0 Å². The van der Waals surface area contributed by atoms with Crippen LogP contribution in [0.25, 0.3) is 0 Å². The van der Waals surface area contributed by atoms with Crippen LogP contribution in [0.15, 0.2) is 47.6 Å². The van der Waals surface area contributed by atoms with Gasteiger partial charge < -0.3 is 9.75 Å². The molecule has 2 bridgehead atoms. The quantitative estimate of drug-likeness (QED) is 0.362. The summed E-state index contributed by atoms with van der Waals surface area (Å²) in [5.74, 6) is -1.43. The highest BCUT2D eigenvalue weighted by Crippen LogP contribution is 2.51. The average Bonchev–Trinajstić information content (AvgIpc) is 3.17. The predicted octanol–water partition coefficient (Wildman–Crippen LogP) is 1.05. The summed E-state index contributed by atoms with van der Waals surface area (Å²) in [5.41, 5.74) is -0.313. The maximum atomic E-state index is 13.0. The first-order valence-electron chi connectivity index (χ1n) is 7.56. The smallest absolute Gasteiger partial charge is 0.241 e. The summed E-state index contributed by atoms with van der Waals surface area (Å²) >= 11 is 0. The van der Waals surface area contributed by atoms with E-state index in [0.29, 0.717) is 5.69 Å². The number of carbonyl (C=O) groups is 2. The number of rotatable bonds is 3. The molecule has 1 aromatic rings. The van der Waals surface area contributed by atoms with Crippen LogP contribution in [0, 0.1) is 11.8 Å². The summed E-state index contributed by atoms with van der Waals surface area (Å²) in [4.78, 5) is 27.0. The van der Waals surface area contributed by atoms with Crippen molar-refractivity contribution < 1.29 is 14.3 Å². The maximum Gasteiger partial charge on any atom is 0.241 e. The van der Waals surface area contributed by atoms with Gasteiger partial charge in [0.05, 0.1) is 29.8 Å². The van der Waals surface area contributed by atoms with Crippen LogP contribution in [0.3, 0.4) is 0 Å². The monoisotopic (exact) mass is 311 g/mol. The van der Waals surface area contributed by atoms with Crippen LogP contribution in [0.2, 0.25) is 0 Å². The molecule has 2 fully saturated rings. The van der Waals surface area contributed by atoms with Crippen LogP contribution in [0.4, 0.5) is 5.69 Å². The zero-order valence-electron chi connectivity index (χ0n) is 12.9. The van der Waals surface area contributed by atoms with Gasteiger partial charge in [0.25, 0.3) is 0 Å². The van der Waals surface area contributed by atoms with E-state index in [4.69, 9.17) is 4.74 Å². The number of nitrogens with zero attached hydrogens (tertiary/aromatic N) is 3. The number of ether oxygens (including phenoxy) is 1. The SMILES string of the molecule is CN(C)/N=C/C12C=CC(O1)C1C(=O)N(c3ccccc3)C(=O)C12. The molecule has 4 atom stereocenters. The van der Waals surface area contributed by atoms with E-state index in [1.807, 2.05) is 30.4 Å². The Labute approximate surface area is 134 Å². The van der Waals surface area contributed by atoms with Crippen molar-refractivity contribution in [2.75, 3.05) is 19.0 Å². The molecule has 0 spiro atoms. The second-order valence-corrected chi connectivity index (χ2v) is 6.24. The summed E-state index contributed by atoms with van der Waals surface area (Å²) in [7, 11) is 3.60. The third-order valence-corrected chi connectivity index (χ3v) is 4.58. The Hall–Kier alpha value is -2.47. The Morgan fingerprint density at radius 2 is 1.96 bits per heavy atom. The summed E-state index contributed by atoms with van der Waals surface area (Å²) in [6.45, 7) is 0. The van der Waals surface area contributed by atoms with E-state index in [9.17, 15) is 9.59 Å². The Morgan fingerprint density at radius 3 is 2.65 bits per heavy atom. The zero-order valence-corrected chi connectivity index (χ0v) is 12.9. The number of hydrogen-bond donors (Lipinski definition) is 0. The van der Waals surface area contributed by atoms with Crippen LogP contribution >= 0.6 is 0 Å². The number of carbonyl (C=O) groups excluding carboxylic acids is 2. The maximum absolute atomic E-state index is 13.0. The minimum Gasteiger partial charge on any atom is -0.356 e. The van der Waals surface area contributed by atoms with E-state index >= 15 is 0 Å². The number of fused-ring (bicyclic) bond motifs is 5. The van der Waals surface area contributed by atoms with E-state index in [2.05, 4.69) is 5.10 Å². The van der Waals surface area contributed by atoms with Crippen LogP contribution in [-0.2, 0) is 14.3 Å². The normalized spacial score (nSPS) is 34.7. The van der Waals surface area contributed by atoms with Crippen molar-refractivity contribution in [3.05, 3.63) is 42.5 Å². The molecule has 3 aliphatic heterocycles. The van der Waals surface area contributed by atoms with Crippen molar-refractivity contribution in [3.8, 4) is 0 Å². The number of para-hydroxylation sites is 1. The Kier molecular flexibility index (Phi) is 2.93. The molecule has 23 heavy (non-hydrogen) atoms. The summed E-state index contributed by atoms with van der Waals surface area (Å²) in [6, 6.07) is 9.03. The molecule has 6 heteroatoms. The third-order valence-electron chi connectivity index (χ3n) is 4.58. The highest BCUT2D eigenvalue weighted by molar-refractivity contribution is 6.24. The van der Waals surface area contributed by atoms with Crippen molar-refractivity contribution in [3.63, 3.8) is 0 Å². The fraction of sp³-hybridized carbons (Fsp3) is 0.353. The van der Waals surface area contributed by atoms with Crippen molar-refractivity contribution in [2.45, 2.75) is 11.7 Å². The summed E-state index contributed by atoms with van der Waals surface area (Å²) < 4.78 is 5.95. The van der Waals surface area contributed by atoms with Gasteiger partial charge in [0.1, 0.15) is 5.60 Å². The Morgan fingerprint density at radius 1 is 1.22 bits per heavy atom. The van der Waals surface area contributed by atoms with Gasteiger partial charge in [-0.2, -0.15) is 5.10 Å². The molecule has 1 aromatic carbocycles. The lowest BCUT2D eigenvalue weighted by molar-refractivity contribution is -0.125. The average molecular weight is 311 g/mol. The van der Waals surface area contributed by atoms with Gasteiger partial charge in [0, 0.05) is 14.1 Å². The van der Waals surface area contributed by atoms with Crippen molar-refractivity contribution in [1.29, 1.82) is 0 Å². The predicted molar refractivity (Wildman–Crippen MR) is 84.8 cm³/mol. The molecule has 4 rings (SSSR count). The molecule has 3 heterocycles. The number of hydrazone groups is 1. The molecule has 0 radical (unpaired) electrons. The number of anilines is 1. The van der Waals surface area contributed by atoms with Crippen molar-refractivity contribution in [2.24, 2.45) is 16.9 Å². The summed E-state index contributed by atoms with van der Waals surface area (Å²) in [6.07, 6.45) is 4.99. The molecule has 4 unspecified atom stereocenters. The second kappa shape index (κ2) is 4.76. The molecular formula is C17H17N3O3. The van der Waals surface area contributed by atoms with Crippen LogP contribution in [0.1, 0.15) is 0 Å². The van der Waals surface area contributed by atoms with Crippen LogP contribution in [-0.4, -0.2) is 48.8 Å². The molecule has 6 nitrogen and oxygen atoms in total. The fourth-order valence-corrected chi connectivity index (χ4v) is 3.62. The molecule has 0 saturated carbocycles. The third kappa shape index (κ3) is 1.88. The first-order chi connectivity index (χ1) is 11.0. The van der Waals surface area contributed by atoms with Gasteiger partial charge in [-0.1, -0.05) is 24.3 Å². The second-order valence-electron chi connectivity index (χ2n) is 6.24. The van der Waals surface area contributed by atoms with Gasteiger partial charge >= 0.3 is 0 Å². The minimum absolute atomic E-state index is 0.194. The molecule has 118 valence electrons. The van der Waals surface area contributed by atoms with E-state index in [0.717, 1.165) is 0 Å². The van der Waals surface area contributed by atoms with Crippen LogP contribution in [0.5, 0.6) is 0 Å². The van der Waals surface area contributed by atoms with Crippen molar-refractivity contribution in [1.82, 2.24) is 5.01 Å². The number of imide groups is 1.